The normalized spacial score (nSPS) is 18.4. The van der Waals surface area contributed by atoms with Crippen LogP contribution in [0.25, 0.3) is 11.3 Å². The Morgan fingerprint density at radius 1 is 1.40 bits per heavy atom. The summed E-state index contributed by atoms with van der Waals surface area (Å²) in [7, 11) is 0. The zero-order valence-electron chi connectivity index (χ0n) is 10.7. The fourth-order valence-electron chi connectivity index (χ4n) is 2.18. The van der Waals surface area contributed by atoms with E-state index in [4.69, 9.17) is 4.74 Å². The topological polar surface area (TPSA) is 34.1 Å². The molecule has 106 valence electrons. The molecule has 0 radical (unpaired) electrons. The number of thiazole rings is 1. The molecule has 2 aromatic rings. The third-order valence-corrected chi connectivity index (χ3v) is 4.02. The molecule has 0 spiro atoms. The summed E-state index contributed by atoms with van der Waals surface area (Å²) >= 11 is 1.40. The third kappa shape index (κ3) is 2.96. The maximum absolute atomic E-state index is 13.7. The smallest absolute Gasteiger partial charge is 0.183 e. The second-order valence-corrected chi connectivity index (χ2v) is 5.54. The molecule has 6 heteroatoms. The second kappa shape index (κ2) is 5.85. The van der Waals surface area contributed by atoms with Crippen LogP contribution in [0.3, 0.4) is 0 Å². The van der Waals surface area contributed by atoms with Gasteiger partial charge in [-0.3, -0.25) is 0 Å². The molecule has 1 fully saturated rings. The average Bonchev–Trinajstić information content (AvgIpc) is 3.07. The molecule has 0 bridgehead atoms. The zero-order chi connectivity index (χ0) is 13.9. The first-order valence-electron chi connectivity index (χ1n) is 6.49. The van der Waals surface area contributed by atoms with Crippen molar-refractivity contribution in [2.75, 3.05) is 18.5 Å². The molecule has 0 amide bonds. The Morgan fingerprint density at radius 3 is 3.05 bits per heavy atom. The van der Waals surface area contributed by atoms with Gasteiger partial charge in [-0.1, -0.05) is 0 Å². The molecule has 1 aromatic heterocycles. The van der Waals surface area contributed by atoms with Crippen molar-refractivity contribution < 1.29 is 13.5 Å². The van der Waals surface area contributed by atoms with Crippen LogP contribution in [0.4, 0.5) is 13.9 Å². The molecule has 3 rings (SSSR count). The summed E-state index contributed by atoms with van der Waals surface area (Å²) in [5, 5.41) is 5.67. The Balaban J connectivity index is 1.69. The third-order valence-electron chi connectivity index (χ3n) is 3.22. The highest BCUT2D eigenvalue weighted by Gasteiger charge is 2.16. The summed E-state index contributed by atoms with van der Waals surface area (Å²) in [4.78, 5) is 4.32. The fraction of sp³-hybridized carbons (Fsp3) is 0.357. The monoisotopic (exact) mass is 296 g/mol. The fourth-order valence-corrected chi connectivity index (χ4v) is 2.90. The van der Waals surface area contributed by atoms with Crippen LogP contribution in [-0.4, -0.2) is 24.2 Å². The summed E-state index contributed by atoms with van der Waals surface area (Å²) < 4.78 is 32.1. The van der Waals surface area contributed by atoms with Gasteiger partial charge in [0.05, 0.1) is 11.8 Å². The maximum atomic E-state index is 13.7. The molecular formula is C14H14F2N2OS. The van der Waals surface area contributed by atoms with Gasteiger partial charge in [-0.2, -0.15) is 0 Å². The highest BCUT2D eigenvalue weighted by Crippen LogP contribution is 2.27. The quantitative estimate of drug-likeness (QED) is 0.934. The first-order chi connectivity index (χ1) is 9.72. The minimum absolute atomic E-state index is 0.227. The van der Waals surface area contributed by atoms with E-state index < -0.39 is 11.6 Å². The predicted molar refractivity (Wildman–Crippen MR) is 74.9 cm³/mol. The number of ether oxygens (including phenoxy) is 1. The summed E-state index contributed by atoms with van der Waals surface area (Å²) in [6.07, 6.45) is 2.37. The summed E-state index contributed by atoms with van der Waals surface area (Å²) in [6.45, 7) is 1.52. The van der Waals surface area contributed by atoms with Gasteiger partial charge >= 0.3 is 0 Å². The number of benzene rings is 1. The lowest BCUT2D eigenvalue weighted by Crippen LogP contribution is -2.18. The van der Waals surface area contributed by atoms with Crippen molar-refractivity contribution >= 4 is 16.5 Å². The van der Waals surface area contributed by atoms with Gasteiger partial charge in [0.15, 0.2) is 5.13 Å². The molecule has 2 heterocycles. The van der Waals surface area contributed by atoms with Gasteiger partial charge in [0.2, 0.25) is 0 Å². The van der Waals surface area contributed by atoms with Gasteiger partial charge in [0.25, 0.3) is 0 Å². The second-order valence-electron chi connectivity index (χ2n) is 4.68. The van der Waals surface area contributed by atoms with E-state index in [1.807, 2.05) is 0 Å². The predicted octanol–water partition coefficient (Wildman–Crippen LogP) is 3.68. The molecular weight excluding hydrogens is 282 g/mol. The van der Waals surface area contributed by atoms with Crippen LogP contribution in [0.15, 0.2) is 23.6 Å². The Bertz CT molecular complexity index is 597. The SMILES string of the molecule is Fc1ccc(-c2csc(NC[C@@H]3CCCO3)n2)c(F)c1. The minimum atomic E-state index is -0.596. The molecule has 1 saturated heterocycles. The summed E-state index contributed by atoms with van der Waals surface area (Å²) in [5.74, 6) is -1.18. The van der Waals surface area contributed by atoms with E-state index in [1.165, 1.54) is 23.5 Å². The number of nitrogens with one attached hydrogen (secondary N) is 1. The largest absolute Gasteiger partial charge is 0.376 e. The minimum Gasteiger partial charge on any atom is -0.376 e. The lowest BCUT2D eigenvalue weighted by atomic mass is 10.1. The van der Waals surface area contributed by atoms with Crippen molar-refractivity contribution in [3.05, 3.63) is 35.2 Å². The van der Waals surface area contributed by atoms with Crippen molar-refractivity contribution in [3.63, 3.8) is 0 Å². The van der Waals surface area contributed by atoms with Crippen LogP contribution in [0.1, 0.15) is 12.8 Å². The van der Waals surface area contributed by atoms with E-state index >= 15 is 0 Å². The molecule has 0 aliphatic carbocycles. The molecule has 0 saturated carbocycles. The average molecular weight is 296 g/mol. The van der Waals surface area contributed by atoms with Gasteiger partial charge in [-0.25, -0.2) is 13.8 Å². The van der Waals surface area contributed by atoms with Crippen LogP contribution in [0.2, 0.25) is 0 Å². The van der Waals surface area contributed by atoms with Crippen molar-refractivity contribution in [1.82, 2.24) is 4.98 Å². The van der Waals surface area contributed by atoms with Gasteiger partial charge in [0.1, 0.15) is 11.6 Å². The molecule has 0 unspecified atom stereocenters. The number of hydrogen-bond acceptors (Lipinski definition) is 4. The van der Waals surface area contributed by atoms with Crippen LogP contribution in [0.5, 0.6) is 0 Å². The van der Waals surface area contributed by atoms with Crippen LogP contribution in [0, 0.1) is 11.6 Å². The zero-order valence-corrected chi connectivity index (χ0v) is 11.6. The number of rotatable bonds is 4. The van der Waals surface area contributed by atoms with Crippen molar-refractivity contribution in [3.8, 4) is 11.3 Å². The molecule has 1 aliphatic heterocycles. The van der Waals surface area contributed by atoms with Gasteiger partial charge in [-0.15, -0.1) is 11.3 Å². The number of aromatic nitrogens is 1. The first kappa shape index (κ1) is 13.5. The maximum Gasteiger partial charge on any atom is 0.183 e. The molecule has 3 nitrogen and oxygen atoms in total. The van der Waals surface area contributed by atoms with E-state index in [2.05, 4.69) is 10.3 Å². The highest BCUT2D eigenvalue weighted by atomic mass is 32.1. The number of anilines is 1. The standard InChI is InChI=1S/C14H14F2N2OS/c15-9-3-4-11(12(16)6-9)13-8-20-14(18-13)17-7-10-2-1-5-19-10/h3-4,6,8,10H,1-2,5,7H2,(H,17,18)/t10-/m0/s1. The van der Waals surface area contributed by atoms with Crippen LogP contribution in [-0.2, 0) is 4.74 Å². The van der Waals surface area contributed by atoms with E-state index in [0.717, 1.165) is 30.6 Å². The molecule has 20 heavy (non-hydrogen) atoms. The molecule has 1 aromatic carbocycles. The van der Waals surface area contributed by atoms with Crippen LogP contribution >= 0.6 is 11.3 Å². The lowest BCUT2D eigenvalue weighted by Gasteiger charge is -2.09. The summed E-state index contributed by atoms with van der Waals surface area (Å²) in [5.41, 5.74) is 0.829. The Labute approximate surface area is 119 Å². The van der Waals surface area contributed by atoms with Gasteiger partial charge in [-0.05, 0) is 25.0 Å². The molecule has 1 aliphatic rings. The van der Waals surface area contributed by atoms with E-state index in [9.17, 15) is 8.78 Å². The number of halogens is 2. The van der Waals surface area contributed by atoms with E-state index in [0.29, 0.717) is 17.8 Å². The first-order valence-corrected chi connectivity index (χ1v) is 7.37. The van der Waals surface area contributed by atoms with Crippen molar-refractivity contribution in [2.24, 2.45) is 0 Å². The molecule has 1 atom stereocenters. The Kier molecular flexibility index (Phi) is 3.93. The highest BCUT2D eigenvalue weighted by molar-refractivity contribution is 7.14. The van der Waals surface area contributed by atoms with Gasteiger partial charge in [0, 0.05) is 30.2 Å². The number of nitrogens with zero attached hydrogens (tertiary/aromatic N) is 1. The Hall–Kier alpha value is -1.53. The van der Waals surface area contributed by atoms with E-state index in [1.54, 1.807) is 5.38 Å². The summed E-state index contributed by atoms with van der Waals surface area (Å²) in [6, 6.07) is 3.51. The van der Waals surface area contributed by atoms with Gasteiger partial charge < -0.3 is 10.1 Å². The Morgan fingerprint density at radius 2 is 2.30 bits per heavy atom. The molecule has 1 N–H and O–H groups in total. The number of hydrogen-bond donors (Lipinski definition) is 1. The van der Waals surface area contributed by atoms with Crippen molar-refractivity contribution in [1.29, 1.82) is 0 Å². The van der Waals surface area contributed by atoms with Crippen molar-refractivity contribution in [2.45, 2.75) is 18.9 Å². The van der Waals surface area contributed by atoms with E-state index in [-0.39, 0.29) is 6.10 Å². The van der Waals surface area contributed by atoms with Crippen LogP contribution < -0.4 is 5.32 Å². The lowest BCUT2D eigenvalue weighted by molar-refractivity contribution is 0.120.